The van der Waals surface area contributed by atoms with Gasteiger partial charge in [-0.3, -0.25) is 4.79 Å². The van der Waals surface area contributed by atoms with Crippen LogP contribution in [0.2, 0.25) is 0 Å². The van der Waals surface area contributed by atoms with E-state index >= 15 is 0 Å². The maximum Gasteiger partial charge on any atom is 0.168 e. The standard InChI is InChI=1S/C5H8O3/c1-4(7)5(8)2-3-6/h3-4,7H,2H2,1H3. The third kappa shape index (κ3) is 2.47. The molecule has 1 unspecified atom stereocenters. The number of rotatable bonds is 3. The molecule has 3 nitrogen and oxygen atoms in total. The molecule has 0 radical (unpaired) electrons. The fraction of sp³-hybridized carbons (Fsp3) is 0.600. The molecule has 0 fully saturated rings. The van der Waals surface area contributed by atoms with E-state index in [0.29, 0.717) is 6.29 Å². The van der Waals surface area contributed by atoms with E-state index in [1.54, 1.807) is 0 Å². The van der Waals surface area contributed by atoms with E-state index in [4.69, 9.17) is 5.11 Å². The minimum Gasteiger partial charge on any atom is -0.386 e. The normalized spacial score (nSPS) is 12.8. The van der Waals surface area contributed by atoms with Crippen LogP contribution in [-0.2, 0) is 9.59 Å². The van der Waals surface area contributed by atoms with Gasteiger partial charge in [-0.2, -0.15) is 0 Å². The topological polar surface area (TPSA) is 54.4 Å². The zero-order valence-corrected chi connectivity index (χ0v) is 4.63. The van der Waals surface area contributed by atoms with Crippen molar-refractivity contribution in [1.82, 2.24) is 0 Å². The molecule has 0 rings (SSSR count). The minimum atomic E-state index is -1.000. The van der Waals surface area contributed by atoms with Gasteiger partial charge in [-0.25, -0.2) is 0 Å². The number of aliphatic hydroxyl groups excluding tert-OH is 1. The van der Waals surface area contributed by atoms with Crippen LogP contribution in [0.3, 0.4) is 0 Å². The highest BCUT2D eigenvalue weighted by Crippen LogP contribution is 1.85. The maximum absolute atomic E-state index is 10.3. The zero-order valence-electron chi connectivity index (χ0n) is 4.63. The van der Waals surface area contributed by atoms with Gasteiger partial charge in [-0.05, 0) is 6.92 Å². The Morgan fingerprint density at radius 2 is 2.38 bits per heavy atom. The van der Waals surface area contributed by atoms with Crippen molar-refractivity contribution >= 4 is 12.1 Å². The summed E-state index contributed by atoms with van der Waals surface area (Å²) in [6.45, 7) is 1.34. The zero-order chi connectivity index (χ0) is 6.57. The fourth-order valence-electron chi connectivity index (χ4n) is 0.253. The number of aldehydes is 1. The average Bonchev–Trinajstić information content (AvgIpc) is 1.67. The SMILES string of the molecule is CC(O)C(=O)CC=O. The van der Waals surface area contributed by atoms with Crippen molar-refractivity contribution in [3.05, 3.63) is 0 Å². The van der Waals surface area contributed by atoms with Gasteiger partial charge in [0.05, 0.1) is 6.42 Å². The minimum absolute atomic E-state index is 0.183. The largest absolute Gasteiger partial charge is 0.386 e. The monoisotopic (exact) mass is 116 g/mol. The highest BCUT2D eigenvalue weighted by atomic mass is 16.3. The summed E-state index contributed by atoms with van der Waals surface area (Å²) in [5.41, 5.74) is 0. The van der Waals surface area contributed by atoms with Gasteiger partial charge in [0.2, 0.25) is 0 Å². The molecule has 46 valence electrons. The van der Waals surface area contributed by atoms with Gasteiger partial charge in [-0.15, -0.1) is 0 Å². The van der Waals surface area contributed by atoms with Crippen LogP contribution in [0.15, 0.2) is 0 Å². The molecule has 0 aliphatic rings. The Bertz CT molecular complexity index is 95.8. The molecule has 0 spiro atoms. The highest BCUT2D eigenvalue weighted by molar-refractivity contribution is 5.92. The Labute approximate surface area is 47.3 Å². The highest BCUT2D eigenvalue weighted by Gasteiger charge is 2.05. The van der Waals surface area contributed by atoms with Crippen LogP contribution in [0.1, 0.15) is 13.3 Å². The molecule has 0 aromatic rings. The molecule has 0 aromatic carbocycles. The molecule has 0 saturated heterocycles. The number of aliphatic hydroxyl groups is 1. The molecule has 8 heavy (non-hydrogen) atoms. The molecule has 0 aliphatic carbocycles. The molecule has 3 heteroatoms. The molecular formula is C5H8O3. The van der Waals surface area contributed by atoms with E-state index in [0.717, 1.165) is 0 Å². The van der Waals surface area contributed by atoms with E-state index in [1.165, 1.54) is 6.92 Å². The van der Waals surface area contributed by atoms with E-state index in [2.05, 4.69) is 0 Å². The van der Waals surface area contributed by atoms with Crippen molar-refractivity contribution in [1.29, 1.82) is 0 Å². The summed E-state index contributed by atoms with van der Waals surface area (Å²) in [6, 6.07) is 0. The summed E-state index contributed by atoms with van der Waals surface area (Å²) in [4.78, 5) is 19.8. The quantitative estimate of drug-likeness (QED) is 0.400. The van der Waals surface area contributed by atoms with Crippen molar-refractivity contribution in [3.8, 4) is 0 Å². The Morgan fingerprint density at radius 1 is 1.88 bits per heavy atom. The van der Waals surface area contributed by atoms with E-state index < -0.39 is 11.9 Å². The van der Waals surface area contributed by atoms with Crippen LogP contribution in [-0.4, -0.2) is 23.3 Å². The van der Waals surface area contributed by atoms with Crippen molar-refractivity contribution in [2.75, 3.05) is 0 Å². The van der Waals surface area contributed by atoms with E-state index in [1.807, 2.05) is 0 Å². The molecule has 0 saturated carbocycles. The Kier molecular flexibility index (Phi) is 3.03. The van der Waals surface area contributed by atoms with Gasteiger partial charge in [0.1, 0.15) is 12.4 Å². The summed E-state index contributed by atoms with van der Waals surface area (Å²) in [5, 5.41) is 8.44. The second-order valence-electron chi connectivity index (χ2n) is 1.51. The molecule has 0 amide bonds. The van der Waals surface area contributed by atoms with Crippen LogP contribution >= 0.6 is 0 Å². The lowest BCUT2D eigenvalue weighted by molar-refractivity contribution is -0.128. The number of hydrogen-bond donors (Lipinski definition) is 1. The van der Waals surface area contributed by atoms with Crippen LogP contribution in [0.25, 0.3) is 0 Å². The first-order valence-electron chi connectivity index (χ1n) is 2.33. The number of Topliss-reactive ketones (excluding diaryl/α,β-unsaturated/α-hetero) is 1. The summed E-state index contributed by atoms with van der Waals surface area (Å²) in [6.07, 6.45) is -0.701. The van der Waals surface area contributed by atoms with Gasteiger partial charge >= 0.3 is 0 Å². The van der Waals surface area contributed by atoms with Crippen LogP contribution in [0.5, 0.6) is 0 Å². The van der Waals surface area contributed by atoms with Crippen molar-refractivity contribution in [2.45, 2.75) is 19.4 Å². The molecule has 0 aromatic heterocycles. The van der Waals surface area contributed by atoms with Gasteiger partial charge in [0.25, 0.3) is 0 Å². The Hall–Kier alpha value is -0.700. The predicted molar refractivity (Wildman–Crippen MR) is 27.4 cm³/mol. The van der Waals surface area contributed by atoms with Crippen LogP contribution < -0.4 is 0 Å². The number of carbonyl (C=O) groups excluding carboxylic acids is 2. The summed E-state index contributed by atoms with van der Waals surface area (Å²) >= 11 is 0. The first-order chi connectivity index (χ1) is 3.68. The van der Waals surface area contributed by atoms with E-state index in [9.17, 15) is 9.59 Å². The second-order valence-corrected chi connectivity index (χ2v) is 1.51. The van der Waals surface area contributed by atoms with Crippen molar-refractivity contribution in [2.24, 2.45) is 0 Å². The van der Waals surface area contributed by atoms with Crippen molar-refractivity contribution in [3.63, 3.8) is 0 Å². The predicted octanol–water partition coefficient (Wildman–Crippen LogP) is -0.475. The smallest absolute Gasteiger partial charge is 0.168 e. The fourth-order valence-corrected chi connectivity index (χ4v) is 0.253. The molecule has 1 N–H and O–H groups in total. The first-order valence-corrected chi connectivity index (χ1v) is 2.33. The molecule has 1 atom stereocenters. The number of carbonyl (C=O) groups is 2. The number of ketones is 1. The lowest BCUT2D eigenvalue weighted by Gasteiger charge is -1.95. The third-order valence-electron chi connectivity index (χ3n) is 0.750. The lowest BCUT2D eigenvalue weighted by atomic mass is 10.2. The van der Waals surface area contributed by atoms with Gasteiger partial charge < -0.3 is 9.90 Å². The van der Waals surface area contributed by atoms with Gasteiger partial charge in [0.15, 0.2) is 5.78 Å². The Morgan fingerprint density at radius 3 is 2.50 bits per heavy atom. The third-order valence-corrected chi connectivity index (χ3v) is 0.750. The summed E-state index contributed by atoms with van der Waals surface area (Å²) in [7, 11) is 0. The lowest BCUT2D eigenvalue weighted by Crippen LogP contribution is -2.15. The number of hydrogen-bond acceptors (Lipinski definition) is 3. The molecule has 0 bridgehead atoms. The van der Waals surface area contributed by atoms with E-state index in [-0.39, 0.29) is 6.42 Å². The van der Waals surface area contributed by atoms with Crippen LogP contribution in [0, 0.1) is 0 Å². The average molecular weight is 116 g/mol. The molecule has 0 heterocycles. The van der Waals surface area contributed by atoms with Crippen LogP contribution in [0.4, 0.5) is 0 Å². The molecular weight excluding hydrogens is 108 g/mol. The first kappa shape index (κ1) is 7.30. The van der Waals surface area contributed by atoms with Gasteiger partial charge in [-0.1, -0.05) is 0 Å². The second kappa shape index (κ2) is 3.32. The molecule has 0 aliphatic heterocycles. The van der Waals surface area contributed by atoms with Crippen molar-refractivity contribution < 1.29 is 14.7 Å². The summed E-state index contributed by atoms with van der Waals surface area (Å²) in [5.74, 6) is -0.431. The maximum atomic E-state index is 10.3. The van der Waals surface area contributed by atoms with Gasteiger partial charge in [0, 0.05) is 0 Å². The summed E-state index contributed by atoms with van der Waals surface area (Å²) < 4.78 is 0. The Balaban J connectivity index is 3.48.